The highest BCUT2D eigenvalue weighted by Crippen LogP contribution is 2.18. The van der Waals surface area contributed by atoms with Gasteiger partial charge in [-0.2, -0.15) is 0 Å². The lowest BCUT2D eigenvalue weighted by molar-refractivity contribution is -0.167. The normalized spacial score (nSPS) is 12.7. The van der Waals surface area contributed by atoms with Crippen LogP contribution in [0.4, 0.5) is 0 Å². The molecule has 0 amide bonds. The molecule has 1 unspecified atom stereocenters. The number of unbranched alkanes of at least 4 members (excludes halogenated alkanes) is 38. The minimum atomic E-state index is -0.787. The lowest BCUT2D eigenvalue weighted by Crippen LogP contribution is -2.30. The van der Waals surface area contributed by atoms with Crippen molar-refractivity contribution in [3.63, 3.8) is 0 Å². The molecule has 83 heavy (non-hydrogen) atoms. The molecule has 0 rings (SSSR count). The third-order valence-electron chi connectivity index (χ3n) is 15.6. The van der Waals surface area contributed by atoms with E-state index in [1.54, 1.807) is 0 Å². The summed E-state index contributed by atoms with van der Waals surface area (Å²) in [4.78, 5) is 38.5. The zero-order valence-corrected chi connectivity index (χ0v) is 54.9. The molecule has 0 aliphatic carbocycles. The molecule has 0 aliphatic heterocycles. The summed E-state index contributed by atoms with van der Waals surface area (Å²) in [5.74, 6) is -0.887. The summed E-state index contributed by atoms with van der Waals surface area (Å²) in [5.41, 5.74) is 0. The van der Waals surface area contributed by atoms with Crippen molar-refractivity contribution in [1.29, 1.82) is 0 Å². The summed E-state index contributed by atoms with van der Waals surface area (Å²) < 4.78 is 17.0. The van der Waals surface area contributed by atoms with E-state index in [4.69, 9.17) is 14.2 Å². The maximum Gasteiger partial charge on any atom is 0.306 e. The van der Waals surface area contributed by atoms with Gasteiger partial charge >= 0.3 is 17.9 Å². The summed E-state index contributed by atoms with van der Waals surface area (Å²) in [5, 5.41) is 0. The van der Waals surface area contributed by atoms with Crippen LogP contribution in [0.25, 0.3) is 0 Å². The van der Waals surface area contributed by atoms with Gasteiger partial charge in [-0.3, -0.25) is 14.4 Å². The van der Waals surface area contributed by atoms with Gasteiger partial charge < -0.3 is 14.2 Å². The molecule has 1 atom stereocenters. The molecular formula is C77H134O6. The van der Waals surface area contributed by atoms with Crippen LogP contribution in [0.3, 0.4) is 0 Å². The highest BCUT2D eigenvalue weighted by atomic mass is 16.6. The molecule has 6 nitrogen and oxygen atoms in total. The minimum absolute atomic E-state index is 0.0808. The first-order valence-electron chi connectivity index (χ1n) is 35.7. The van der Waals surface area contributed by atoms with E-state index in [0.717, 1.165) is 122 Å². The monoisotopic (exact) mass is 1160 g/mol. The number of carbonyl (C=O) groups excluding carboxylic acids is 3. The quantitative estimate of drug-likeness (QED) is 0.0261. The van der Waals surface area contributed by atoms with E-state index in [1.165, 1.54) is 193 Å². The van der Waals surface area contributed by atoms with Crippen molar-refractivity contribution in [2.75, 3.05) is 13.2 Å². The number of ether oxygens (including phenoxy) is 3. The molecule has 0 saturated heterocycles. The van der Waals surface area contributed by atoms with Crippen LogP contribution < -0.4 is 0 Å². The maximum absolute atomic E-state index is 13.0. The second-order valence-corrected chi connectivity index (χ2v) is 23.8. The standard InChI is InChI=1S/C77H134O6/c1-4-7-10-13-16-19-22-25-28-30-32-34-36-37-38-39-40-41-42-44-45-47-49-52-55-58-61-64-67-70-76(79)82-73-74(72-81-75(78)69-66-63-60-57-54-51-27-24-21-18-15-12-9-6-3)83-77(80)71-68-65-62-59-56-53-50-48-46-43-35-33-31-29-26-23-20-17-14-11-8-5-2/h7,10,16,19,25,28,32,34,37-38,40-41,44-45,49,52,74H,4-6,8-9,11-15,17-18,20-24,26-27,29-31,33,35-36,39,42-43,46-48,50-51,53-73H2,1-3H3/b10-7-,19-16-,28-25-,34-32-,38-37-,41-40-,45-44-,52-49-. The second kappa shape index (κ2) is 70.8. The zero-order valence-electron chi connectivity index (χ0n) is 54.9. The average Bonchev–Trinajstić information content (AvgIpc) is 3.49. The van der Waals surface area contributed by atoms with Crippen LogP contribution in [-0.2, 0) is 28.6 Å². The molecule has 0 aromatic heterocycles. The fraction of sp³-hybridized carbons (Fsp3) is 0.753. The molecule has 0 saturated carbocycles. The van der Waals surface area contributed by atoms with Gasteiger partial charge in [-0.25, -0.2) is 0 Å². The first-order valence-corrected chi connectivity index (χ1v) is 35.7. The van der Waals surface area contributed by atoms with Gasteiger partial charge in [0.2, 0.25) is 0 Å². The molecule has 478 valence electrons. The van der Waals surface area contributed by atoms with Crippen LogP contribution in [-0.4, -0.2) is 37.2 Å². The largest absolute Gasteiger partial charge is 0.462 e. The molecule has 0 heterocycles. The lowest BCUT2D eigenvalue weighted by Gasteiger charge is -2.18. The number of rotatable bonds is 65. The van der Waals surface area contributed by atoms with E-state index < -0.39 is 6.10 Å². The third-order valence-corrected chi connectivity index (χ3v) is 15.6. The Morgan fingerprint density at radius 1 is 0.253 bits per heavy atom. The van der Waals surface area contributed by atoms with E-state index in [9.17, 15) is 14.4 Å². The van der Waals surface area contributed by atoms with Gasteiger partial charge in [0.1, 0.15) is 13.2 Å². The van der Waals surface area contributed by atoms with Crippen LogP contribution in [0, 0.1) is 0 Å². The second-order valence-electron chi connectivity index (χ2n) is 23.8. The molecule has 0 fully saturated rings. The fourth-order valence-electron chi connectivity index (χ4n) is 10.3. The topological polar surface area (TPSA) is 78.9 Å². The van der Waals surface area contributed by atoms with Gasteiger partial charge in [0, 0.05) is 19.3 Å². The molecule has 0 aromatic carbocycles. The van der Waals surface area contributed by atoms with Crippen LogP contribution in [0.15, 0.2) is 97.2 Å². The number of hydrogen-bond donors (Lipinski definition) is 0. The predicted molar refractivity (Wildman–Crippen MR) is 362 cm³/mol. The van der Waals surface area contributed by atoms with Crippen LogP contribution in [0.5, 0.6) is 0 Å². The summed E-state index contributed by atoms with van der Waals surface area (Å²) >= 11 is 0. The Bertz CT molecular complexity index is 1610. The van der Waals surface area contributed by atoms with Crippen molar-refractivity contribution in [2.24, 2.45) is 0 Å². The van der Waals surface area contributed by atoms with Crippen molar-refractivity contribution in [3.8, 4) is 0 Å². The zero-order chi connectivity index (χ0) is 59.9. The molecule has 0 N–H and O–H groups in total. The van der Waals surface area contributed by atoms with Crippen molar-refractivity contribution in [3.05, 3.63) is 97.2 Å². The molecule has 0 radical (unpaired) electrons. The Morgan fingerprint density at radius 2 is 0.470 bits per heavy atom. The lowest BCUT2D eigenvalue weighted by atomic mass is 10.0. The molecule has 0 bridgehead atoms. The van der Waals surface area contributed by atoms with Gasteiger partial charge in [0.15, 0.2) is 6.10 Å². The van der Waals surface area contributed by atoms with E-state index >= 15 is 0 Å². The van der Waals surface area contributed by atoms with Crippen LogP contribution in [0.1, 0.15) is 355 Å². The minimum Gasteiger partial charge on any atom is -0.462 e. The van der Waals surface area contributed by atoms with E-state index in [-0.39, 0.29) is 31.1 Å². The van der Waals surface area contributed by atoms with Gasteiger partial charge in [-0.05, 0) is 83.5 Å². The Labute approximate surface area is 515 Å². The molecular weight excluding hydrogens is 1020 g/mol. The smallest absolute Gasteiger partial charge is 0.306 e. The molecule has 0 aromatic rings. The molecule has 6 heteroatoms. The molecule has 0 spiro atoms. The molecule has 0 aliphatic rings. The third kappa shape index (κ3) is 69.0. The number of allylic oxidation sites excluding steroid dienone is 16. The van der Waals surface area contributed by atoms with Gasteiger partial charge in [0.05, 0.1) is 0 Å². The first kappa shape index (κ1) is 79.3. The highest BCUT2D eigenvalue weighted by molar-refractivity contribution is 5.71. The van der Waals surface area contributed by atoms with Gasteiger partial charge in [-0.15, -0.1) is 0 Å². The summed E-state index contributed by atoms with van der Waals surface area (Å²) in [6.07, 6.45) is 95.7. The summed E-state index contributed by atoms with van der Waals surface area (Å²) in [6, 6.07) is 0. The highest BCUT2D eigenvalue weighted by Gasteiger charge is 2.19. The number of hydrogen-bond acceptors (Lipinski definition) is 6. The maximum atomic E-state index is 13.0. The predicted octanol–water partition coefficient (Wildman–Crippen LogP) is 24.8. The van der Waals surface area contributed by atoms with Crippen molar-refractivity contribution >= 4 is 17.9 Å². The van der Waals surface area contributed by atoms with Crippen molar-refractivity contribution in [1.82, 2.24) is 0 Å². The fourth-order valence-corrected chi connectivity index (χ4v) is 10.3. The SMILES string of the molecule is CC/C=C\C/C=C\C/C=C\C/C=C\C/C=C\C/C=C\C/C=C\C/C=C\CCCCCCC(=O)OCC(COC(=O)CCCCCCCCCCCCCCCC)OC(=O)CCCCCCCCCCCCCCCCCCCCCCCC. The van der Waals surface area contributed by atoms with Gasteiger partial charge in [0.25, 0.3) is 0 Å². The summed E-state index contributed by atoms with van der Waals surface area (Å²) in [6.45, 7) is 6.56. The first-order chi connectivity index (χ1) is 41.0. The van der Waals surface area contributed by atoms with Crippen LogP contribution in [0.2, 0.25) is 0 Å². The average molecular weight is 1160 g/mol. The number of esters is 3. The van der Waals surface area contributed by atoms with Crippen molar-refractivity contribution in [2.45, 2.75) is 361 Å². The van der Waals surface area contributed by atoms with E-state index in [2.05, 4.69) is 118 Å². The number of carbonyl (C=O) groups is 3. The van der Waals surface area contributed by atoms with Gasteiger partial charge in [-0.1, -0.05) is 349 Å². The van der Waals surface area contributed by atoms with Crippen molar-refractivity contribution < 1.29 is 28.6 Å². The Morgan fingerprint density at radius 3 is 0.735 bits per heavy atom. The Kier molecular flexibility index (Phi) is 67.7. The van der Waals surface area contributed by atoms with E-state index in [0.29, 0.717) is 19.3 Å². The van der Waals surface area contributed by atoms with E-state index in [1.807, 2.05) is 0 Å². The van der Waals surface area contributed by atoms with Crippen LogP contribution >= 0.6 is 0 Å². The summed E-state index contributed by atoms with van der Waals surface area (Å²) in [7, 11) is 0. The Balaban J connectivity index is 4.35. The Hall–Kier alpha value is -3.67.